The summed E-state index contributed by atoms with van der Waals surface area (Å²) in [5.74, 6) is -0.927. The third-order valence-electron chi connectivity index (χ3n) is 3.89. The van der Waals surface area contributed by atoms with E-state index in [1.807, 2.05) is 6.92 Å². The number of nitrogens with one attached hydrogen (secondary N) is 1. The first-order chi connectivity index (χ1) is 12.0. The standard InChI is InChI=1S/C18H17N3O4/c1-3-21-15-7-6-12(9-14(15)20-11(2)17(21)23)18(24)25-10-16(22)13-5-4-8-19-13/h4-9,19H,3,10H2,1-2H3. The maximum Gasteiger partial charge on any atom is 0.338 e. The average Bonchev–Trinajstić information content (AvgIpc) is 3.15. The van der Waals surface area contributed by atoms with Gasteiger partial charge >= 0.3 is 5.97 Å². The molecule has 0 spiro atoms. The van der Waals surface area contributed by atoms with Crippen molar-refractivity contribution in [2.24, 2.45) is 0 Å². The Morgan fingerprint density at radius 1 is 1.28 bits per heavy atom. The number of H-pyrrole nitrogens is 1. The highest BCUT2D eigenvalue weighted by molar-refractivity contribution is 5.99. The molecule has 25 heavy (non-hydrogen) atoms. The van der Waals surface area contributed by atoms with Crippen LogP contribution in [0.1, 0.15) is 33.5 Å². The number of hydrogen-bond acceptors (Lipinski definition) is 5. The molecular formula is C18H17N3O4. The van der Waals surface area contributed by atoms with E-state index in [-0.39, 0.29) is 23.5 Å². The molecule has 128 valence electrons. The van der Waals surface area contributed by atoms with Gasteiger partial charge in [0, 0.05) is 12.7 Å². The molecule has 1 N–H and O–H groups in total. The Morgan fingerprint density at radius 3 is 2.76 bits per heavy atom. The summed E-state index contributed by atoms with van der Waals surface area (Å²) in [5, 5.41) is 0. The molecule has 2 aromatic heterocycles. The number of aryl methyl sites for hydroxylation is 2. The third kappa shape index (κ3) is 3.21. The van der Waals surface area contributed by atoms with Gasteiger partial charge < -0.3 is 14.3 Å². The van der Waals surface area contributed by atoms with Crippen LogP contribution in [0.5, 0.6) is 0 Å². The zero-order valence-corrected chi connectivity index (χ0v) is 13.9. The topological polar surface area (TPSA) is 94.0 Å². The van der Waals surface area contributed by atoms with Gasteiger partial charge in [-0.3, -0.25) is 9.59 Å². The summed E-state index contributed by atoms with van der Waals surface area (Å²) in [4.78, 5) is 43.2. The minimum atomic E-state index is -0.615. The Bertz CT molecular complexity index is 1000. The van der Waals surface area contributed by atoms with Gasteiger partial charge in [0.2, 0.25) is 5.78 Å². The van der Waals surface area contributed by atoms with Crippen LogP contribution in [0.15, 0.2) is 41.3 Å². The molecule has 0 fully saturated rings. The Morgan fingerprint density at radius 2 is 2.08 bits per heavy atom. The summed E-state index contributed by atoms with van der Waals surface area (Å²) in [6.07, 6.45) is 1.62. The number of hydrogen-bond donors (Lipinski definition) is 1. The van der Waals surface area contributed by atoms with Crippen molar-refractivity contribution < 1.29 is 14.3 Å². The van der Waals surface area contributed by atoms with Crippen LogP contribution < -0.4 is 5.56 Å². The van der Waals surface area contributed by atoms with E-state index in [1.54, 1.807) is 48.0 Å². The second-order valence-electron chi connectivity index (χ2n) is 5.53. The second-order valence-corrected chi connectivity index (χ2v) is 5.53. The van der Waals surface area contributed by atoms with E-state index in [9.17, 15) is 14.4 Å². The summed E-state index contributed by atoms with van der Waals surface area (Å²) in [7, 11) is 0. The number of fused-ring (bicyclic) bond motifs is 1. The SMILES string of the molecule is CCn1c(=O)c(C)nc2cc(C(=O)OCC(=O)c3ccc[nH]3)ccc21. The number of carbonyl (C=O) groups excluding carboxylic acids is 2. The van der Waals surface area contributed by atoms with Crippen molar-refractivity contribution >= 4 is 22.8 Å². The van der Waals surface area contributed by atoms with Crippen LogP contribution in [0.2, 0.25) is 0 Å². The lowest BCUT2D eigenvalue weighted by molar-refractivity contribution is 0.0474. The number of ketones is 1. The third-order valence-corrected chi connectivity index (χ3v) is 3.89. The Hall–Kier alpha value is -3.22. The predicted molar refractivity (Wildman–Crippen MR) is 91.8 cm³/mol. The fraction of sp³-hybridized carbons (Fsp3) is 0.222. The molecule has 7 nitrogen and oxygen atoms in total. The van der Waals surface area contributed by atoms with Crippen molar-refractivity contribution in [2.75, 3.05) is 6.61 Å². The van der Waals surface area contributed by atoms with Crippen LogP contribution in [0.25, 0.3) is 11.0 Å². The van der Waals surface area contributed by atoms with E-state index in [1.165, 1.54) is 0 Å². The van der Waals surface area contributed by atoms with Crippen molar-refractivity contribution in [2.45, 2.75) is 20.4 Å². The fourth-order valence-corrected chi connectivity index (χ4v) is 2.61. The van der Waals surface area contributed by atoms with Gasteiger partial charge in [0.1, 0.15) is 5.69 Å². The quantitative estimate of drug-likeness (QED) is 0.567. The van der Waals surface area contributed by atoms with E-state index in [0.717, 1.165) is 0 Å². The van der Waals surface area contributed by atoms with Gasteiger partial charge in [0.25, 0.3) is 5.56 Å². The van der Waals surface area contributed by atoms with Gasteiger partial charge in [0.05, 0.1) is 22.3 Å². The number of benzene rings is 1. The van der Waals surface area contributed by atoms with Gasteiger partial charge in [-0.05, 0) is 44.2 Å². The number of carbonyl (C=O) groups is 2. The van der Waals surface area contributed by atoms with Crippen molar-refractivity contribution in [3.8, 4) is 0 Å². The summed E-state index contributed by atoms with van der Waals surface area (Å²) in [6.45, 7) is 3.66. The largest absolute Gasteiger partial charge is 0.454 e. The number of esters is 1. The molecule has 0 aliphatic rings. The average molecular weight is 339 g/mol. The zero-order chi connectivity index (χ0) is 18.0. The summed E-state index contributed by atoms with van der Waals surface area (Å²) >= 11 is 0. The highest BCUT2D eigenvalue weighted by Gasteiger charge is 2.14. The van der Waals surface area contributed by atoms with Crippen molar-refractivity contribution in [1.82, 2.24) is 14.5 Å². The molecule has 3 aromatic rings. The Labute approximate surface area is 143 Å². The Kier molecular flexibility index (Phi) is 4.47. The van der Waals surface area contributed by atoms with Crippen molar-refractivity contribution in [3.05, 3.63) is 63.8 Å². The van der Waals surface area contributed by atoms with Crippen LogP contribution in [0, 0.1) is 6.92 Å². The maximum absolute atomic E-state index is 12.2. The lowest BCUT2D eigenvalue weighted by Crippen LogP contribution is -2.23. The summed E-state index contributed by atoms with van der Waals surface area (Å²) in [5.41, 5.74) is 2.06. The first-order valence-electron chi connectivity index (χ1n) is 7.86. The van der Waals surface area contributed by atoms with Crippen LogP contribution in [-0.4, -0.2) is 32.9 Å². The van der Waals surface area contributed by atoms with Crippen LogP contribution in [-0.2, 0) is 11.3 Å². The highest BCUT2D eigenvalue weighted by atomic mass is 16.5. The summed E-state index contributed by atoms with van der Waals surface area (Å²) < 4.78 is 6.67. The van der Waals surface area contributed by atoms with E-state index < -0.39 is 5.97 Å². The molecule has 0 unspecified atom stereocenters. The van der Waals surface area contributed by atoms with E-state index >= 15 is 0 Å². The van der Waals surface area contributed by atoms with Crippen LogP contribution >= 0.6 is 0 Å². The van der Waals surface area contributed by atoms with Gasteiger partial charge in [0.15, 0.2) is 6.61 Å². The number of rotatable bonds is 5. The highest BCUT2D eigenvalue weighted by Crippen LogP contribution is 2.14. The molecule has 2 heterocycles. The molecule has 0 saturated heterocycles. The first kappa shape index (κ1) is 16.6. The van der Waals surface area contributed by atoms with Gasteiger partial charge in [-0.1, -0.05) is 0 Å². The molecule has 0 aliphatic carbocycles. The minimum absolute atomic E-state index is 0.151. The first-order valence-corrected chi connectivity index (χ1v) is 7.86. The number of Topliss-reactive ketones (excluding diaryl/α,β-unsaturated/α-hetero) is 1. The summed E-state index contributed by atoms with van der Waals surface area (Å²) in [6, 6.07) is 8.10. The molecule has 0 radical (unpaired) electrons. The minimum Gasteiger partial charge on any atom is -0.454 e. The zero-order valence-electron chi connectivity index (χ0n) is 13.9. The van der Waals surface area contributed by atoms with E-state index in [0.29, 0.717) is 29.0 Å². The molecule has 1 aromatic carbocycles. The lowest BCUT2D eigenvalue weighted by Gasteiger charge is -2.10. The van der Waals surface area contributed by atoms with E-state index in [4.69, 9.17) is 4.74 Å². The molecule has 0 atom stereocenters. The van der Waals surface area contributed by atoms with Crippen molar-refractivity contribution in [3.63, 3.8) is 0 Å². The van der Waals surface area contributed by atoms with Gasteiger partial charge in [-0.25, -0.2) is 9.78 Å². The molecule has 0 bridgehead atoms. The maximum atomic E-state index is 12.2. The Balaban J connectivity index is 1.84. The van der Waals surface area contributed by atoms with Crippen LogP contribution in [0.3, 0.4) is 0 Å². The van der Waals surface area contributed by atoms with Crippen LogP contribution in [0.4, 0.5) is 0 Å². The van der Waals surface area contributed by atoms with Crippen molar-refractivity contribution in [1.29, 1.82) is 0 Å². The number of nitrogens with zero attached hydrogens (tertiary/aromatic N) is 2. The molecule has 7 heteroatoms. The second kappa shape index (κ2) is 6.72. The smallest absolute Gasteiger partial charge is 0.338 e. The lowest BCUT2D eigenvalue weighted by atomic mass is 10.2. The van der Waals surface area contributed by atoms with Gasteiger partial charge in [-0.2, -0.15) is 0 Å². The molecular weight excluding hydrogens is 322 g/mol. The van der Waals surface area contributed by atoms with Gasteiger partial charge in [-0.15, -0.1) is 0 Å². The number of ether oxygens (including phenoxy) is 1. The monoisotopic (exact) mass is 339 g/mol. The molecule has 0 saturated carbocycles. The van der Waals surface area contributed by atoms with E-state index in [2.05, 4.69) is 9.97 Å². The molecule has 3 rings (SSSR count). The molecule has 0 aliphatic heterocycles. The number of aromatic nitrogens is 3. The normalized spacial score (nSPS) is 10.8. The molecule has 0 amide bonds. The predicted octanol–water partition coefficient (Wildman–Crippen LogP) is 2.09. The number of aromatic amines is 1. The fourth-order valence-electron chi connectivity index (χ4n) is 2.61.